The van der Waals surface area contributed by atoms with Gasteiger partial charge in [-0.1, -0.05) is 5.16 Å². The summed E-state index contributed by atoms with van der Waals surface area (Å²) in [6.45, 7) is 2.44. The maximum Gasteiger partial charge on any atom is 0.277 e. The predicted molar refractivity (Wildman–Crippen MR) is 102 cm³/mol. The van der Waals surface area contributed by atoms with E-state index in [1.165, 1.54) is 6.92 Å². The number of aromatic nitrogens is 1. The second-order valence-corrected chi connectivity index (χ2v) is 6.15. The lowest BCUT2D eigenvalue weighted by Gasteiger charge is -2.18. The predicted octanol–water partition coefficient (Wildman–Crippen LogP) is 3.32. The summed E-state index contributed by atoms with van der Waals surface area (Å²) < 4.78 is 16.4. The van der Waals surface area contributed by atoms with Crippen LogP contribution in [0, 0.1) is 0 Å². The first-order chi connectivity index (χ1) is 13.6. The van der Waals surface area contributed by atoms with Crippen LogP contribution in [0.2, 0.25) is 0 Å². The molecule has 0 fully saturated rings. The van der Waals surface area contributed by atoms with Gasteiger partial charge in [-0.3, -0.25) is 9.59 Å². The molecule has 0 atom stereocenters. The molecule has 2 N–H and O–H groups in total. The van der Waals surface area contributed by atoms with E-state index in [-0.39, 0.29) is 11.6 Å². The Bertz CT molecular complexity index is 1030. The number of anilines is 2. The van der Waals surface area contributed by atoms with E-state index in [1.54, 1.807) is 42.5 Å². The van der Waals surface area contributed by atoms with E-state index < -0.39 is 5.91 Å². The Morgan fingerprint density at radius 2 is 1.57 bits per heavy atom. The fraction of sp³-hybridized carbons (Fsp3) is 0.150. The van der Waals surface area contributed by atoms with E-state index in [0.29, 0.717) is 41.8 Å². The summed E-state index contributed by atoms with van der Waals surface area (Å²) in [6, 6.07) is 13.7. The van der Waals surface area contributed by atoms with Gasteiger partial charge < -0.3 is 24.6 Å². The molecule has 142 valence electrons. The van der Waals surface area contributed by atoms with E-state index >= 15 is 0 Å². The summed E-state index contributed by atoms with van der Waals surface area (Å²) in [4.78, 5) is 23.5. The van der Waals surface area contributed by atoms with Crippen LogP contribution in [0.3, 0.4) is 0 Å². The third kappa shape index (κ3) is 3.80. The van der Waals surface area contributed by atoms with Gasteiger partial charge in [0.2, 0.25) is 5.91 Å². The number of carbonyl (C=O) groups excluding carboxylic acids is 2. The molecule has 3 aromatic rings. The molecule has 8 heteroatoms. The molecule has 0 radical (unpaired) electrons. The molecule has 0 saturated carbocycles. The number of rotatable bonds is 4. The van der Waals surface area contributed by atoms with Gasteiger partial charge in [0.1, 0.15) is 13.2 Å². The first kappa shape index (κ1) is 17.6. The van der Waals surface area contributed by atoms with Gasteiger partial charge in [-0.25, -0.2) is 0 Å². The van der Waals surface area contributed by atoms with Crippen LogP contribution in [-0.4, -0.2) is 30.2 Å². The minimum Gasteiger partial charge on any atom is -0.486 e. The first-order valence-corrected chi connectivity index (χ1v) is 8.64. The van der Waals surface area contributed by atoms with E-state index in [9.17, 15) is 9.59 Å². The highest BCUT2D eigenvalue weighted by Crippen LogP contribution is 2.34. The molecule has 0 spiro atoms. The van der Waals surface area contributed by atoms with Crippen molar-refractivity contribution in [1.82, 2.24) is 5.16 Å². The highest BCUT2D eigenvalue weighted by Gasteiger charge is 2.17. The second kappa shape index (κ2) is 7.43. The minimum atomic E-state index is -0.403. The Labute approximate surface area is 160 Å². The van der Waals surface area contributed by atoms with Crippen molar-refractivity contribution in [3.05, 3.63) is 54.2 Å². The Morgan fingerprint density at radius 1 is 0.893 bits per heavy atom. The maximum atomic E-state index is 12.4. The van der Waals surface area contributed by atoms with E-state index in [4.69, 9.17) is 14.0 Å². The molecule has 4 rings (SSSR count). The van der Waals surface area contributed by atoms with Crippen LogP contribution >= 0.6 is 0 Å². The van der Waals surface area contributed by atoms with Gasteiger partial charge in [0, 0.05) is 29.9 Å². The Hall–Kier alpha value is -3.81. The van der Waals surface area contributed by atoms with Gasteiger partial charge in [-0.05, 0) is 42.5 Å². The van der Waals surface area contributed by atoms with Crippen LogP contribution in [0.4, 0.5) is 11.4 Å². The Kier molecular flexibility index (Phi) is 4.67. The quantitative estimate of drug-likeness (QED) is 0.721. The highest BCUT2D eigenvalue weighted by atomic mass is 16.6. The van der Waals surface area contributed by atoms with Crippen LogP contribution in [0.1, 0.15) is 17.4 Å². The highest BCUT2D eigenvalue weighted by molar-refractivity contribution is 6.03. The number of fused-ring (bicyclic) bond motifs is 1. The average molecular weight is 379 g/mol. The molecular formula is C20H17N3O5. The van der Waals surface area contributed by atoms with E-state index in [0.717, 1.165) is 5.56 Å². The summed E-state index contributed by atoms with van der Waals surface area (Å²) >= 11 is 0. The second-order valence-electron chi connectivity index (χ2n) is 6.15. The zero-order valence-corrected chi connectivity index (χ0v) is 15.0. The monoisotopic (exact) mass is 379 g/mol. The molecule has 2 aromatic carbocycles. The number of hydrogen-bond acceptors (Lipinski definition) is 6. The van der Waals surface area contributed by atoms with Gasteiger partial charge in [0.15, 0.2) is 23.0 Å². The van der Waals surface area contributed by atoms with Gasteiger partial charge in [-0.15, -0.1) is 0 Å². The van der Waals surface area contributed by atoms with Crippen molar-refractivity contribution in [1.29, 1.82) is 0 Å². The summed E-state index contributed by atoms with van der Waals surface area (Å²) in [5.74, 6) is 1.19. The molecule has 0 aliphatic carbocycles. The molecule has 0 bridgehead atoms. The fourth-order valence-electron chi connectivity index (χ4n) is 2.75. The molecule has 1 aliphatic heterocycles. The van der Waals surface area contributed by atoms with Crippen molar-refractivity contribution in [2.75, 3.05) is 23.8 Å². The molecule has 8 nitrogen and oxygen atoms in total. The summed E-state index contributed by atoms with van der Waals surface area (Å²) in [5, 5.41) is 9.24. The van der Waals surface area contributed by atoms with Gasteiger partial charge >= 0.3 is 0 Å². The van der Waals surface area contributed by atoms with Crippen molar-refractivity contribution >= 4 is 23.2 Å². The van der Waals surface area contributed by atoms with Crippen LogP contribution in [0.15, 0.2) is 53.1 Å². The molecule has 0 unspecified atom stereocenters. The third-order valence-corrected chi connectivity index (χ3v) is 4.03. The number of amides is 2. The van der Waals surface area contributed by atoms with Crippen molar-refractivity contribution in [2.45, 2.75) is 6.92 Å². The molecule has 1 aromatic heterocycles. The first-order valence-electron chi connectivity index (χ1n) is 8.64. The van der Waals surface area contributed by atoms with Crippen LogP contribution in [0.5, 0.6) is 11.5 Å². The van der Waals surface area contributed by atoms with Crippen molar-refractivity contribution < 1.29 is 23.6 Å². The van der Waals surface area contributed by atoms with Crippen LogP contribution < -0.4 is 20.1 Å². The van der Waals surface area contributed by atoms with E-state index in [2.05, 4.69) is 15.8 Å². The average Bonchev–Trinajstić information content (AvgIpc) is 3.19. The fourth-order valence-corrected chi connectivity index (χ4v) is 2.75. The number of nitrogens with one attached hydrogen (secondary N) is 2. The van der Waals surface area contributed by atoms with Gasteiger partial charge in [-0.2, -0.15) is 0 Å². The number of ether oxygens (including phenoxy) is 2. The Morgan fingerprint density at radius 3 is 2.29 bits per heavy atom. The standard InChI is InChI=1S/C20H17N3O5/c1-12(24)21-14-3-5-15(6-4-14)22-20(25)16-11-18(28-23-16)13-2-7-17-19(10-13)27-9-8-26-17/h2-7,10-11H,8-9H2,1H3,(H,21,24)(H,22,25). The van der Waals surface area contributed by atoms with Gasteiger partial charge in [0.05, 0.1) is 0 Å². The molecule has 2 amide bonds. The SMILES string of the molecule is CC(=O)Nc1ccc(NC(=O)c2cc(-c3ccc4c(c3)OCCO4)on2)cc1. The number of carbonyl (C=O) groups is 2. The molecule has 0 saturated heterocycles. The van der Waals surface area contributed by atoms with Crippen molar-refractivity contribution in [2.24, 2.45) is 0 Å². The molecular weight excluding hydrogens is 362 g/mol. The van der Waals surface area contributed by atoms with E-state index in [1.807, 2.05) is 6.07 Å². The lowest BCUT2D eigenvalue weighted by Crippen LogP contribution is -2.15. The topological polar surface area (TPSA) is 103 Å². The van der Waals surface area contributed by atoms with Gasteiger partial charge in [0.25, 0.3) is 5.91 Å². The summed E-state index contributed by atoms with van der Waals surface area (Å²) in [7, 11) is 0. The van der Waals surface area contributed by atoms with Crippen molar-refractivity contribution in [3.63, 3.8) is 0 Å². The maximum absolute atomic E-state index is 12.4. The normalized spacial score (nSPS) is 12.3. The lowest BCUT2D eigenvalue weighted by atomic mass is 10.1. The number of benzene rings is 2. The minimum absolute atomic E-state index is 0.149. The van der Waals surface area contributed by atoms with Crippen molar-refractivity contribution in [3.8, 4) is 22.8 Å². The van der Waals surface area contributed by atoms with Crippen LogP contribution in [-0.2, 0) is 4.79 Å². The molecule has 28 heavy (non-hydrogen) atoms. The number of hydrogen-bond donors (Lipinski definition) is 2. The third-order valence-electron chi connectivity index (χ3n) is 4.03. The lowest BCUT2D eigenvalue weighted by molar-refractivity contribution is -0.114. The summed E-state index contributed by atoms with van der Waals surface area (Å²) in [6.07, 6.45) is 0. The summed E-state index contributed by atoms with van der Waals surface area (Å²) in [5.41, 5.74) is 2.10. The smallest absolute Gasteiger partial charge is 0.277 e. The zero-order chi connectivity index (χ0) is 19.5. The molecule has 2 heterocycles. The largest absolute Gasteiger partial charge is 0.486 e. The number of nitrogens with zero attached hydrogens (tertiary/aromatic N) is 1. The zero-order valence-electron chi connectivity index (χ0n) is 15.0. The van der Waals surface area contributed by atoms with Crippen LogP contribution in [0.25, 0.3) is 11.3 Å². The Balaban J connectivity index is 1.46. The molecule has 1 aliphatic rings.